The van der Waals surface area contributed by atoms with Gasteiger partial charge in [-0.2, -0.15) is 0 Å². The first-order valence-corrected chi connectivity index (χ1v) is 6.37. The SMILES string of the molecule is Cc1ccc(CNCC(=O)NC2CCOCC2)o1. The molecule has 0 aliphatic carbocycles. The Morgan fingerprint density at radius 2 is 2.17 bits per heavy atom. The first-order chi connectivity index (χ1) is 8.74. The van der Waals surface area contributed by atoms with E-state index in [2.05, 4.69) is 10.6 Å². The van der Waals surface area contributed by atoms with Crippen molar-refractivity contribution < 1.29 is 13.9 Å². The fraction of sp³-hybridized carbons (Fsp3) is 0.615. The molecule has 5 heteroatoms. The number of hydrogen-bond donors (Lipinski definition) is 2. The normalized spacial score (nSPS) is 16.7. The Balaban J connectivity index is 1.62. The highest BCUT2D eigenvalue weighted by Crippen LogP contribution is 2.06. The second-order valence-electron chi connectivity index (χ2n) is 4.57. The molecule has 0 aromatic carbocycles. The average molecular weight is 252 g/mol. The number of furan rings is 1. The highest BCUT2D eigenvalue weighted by atomic mass is 16.5. The first-order valence-electron chi connectivity index (χ1n) is 6.37. The summed E-state index contributed by atoms with van der Waals surface area (Å²) in [5.41, 5.74) is 0. The molecule has 1 aromatic heterocycles. The van der Waals surface area contributed by atoms with Crippen LogP contribution in [0.15, 0.2) is 16.5 Å². The molecule has 1 amide bonds. The second-order valence-corrected chi connectivity index (χ2v) is 4.57. The van der Waals surface area contributed by atoms with Crippen LogP contribution in [-0.4, -0.2) is 31.7 Å². The van der Waals surface area contributed by atoms with Gasteiger partial charge in [-0.05, 0) is 31.9 Å². The van der Waals surface area contributed by atoms with Crippen LogP contribution < -0.4 is 10.6 Å². The van der Waals surface area contributed by atoms with Gasteiger partial charge in [0.05, 0.1) is 13.1 Å². The molecule has 0 unspecified atom stereocenters. The molecule has 0 saturated carbocycles. The van der Waals surface area contributed by atoms with E-state index in [0.717, 1.165) is 37.6 Å². The van der Waals surface area contributed by atoms with Crippen molar-refractivity contribution in [2.75, 3.05) is 19.8 Å². The van der Waals surface area contributed by atoms with E-state index in [0.29, 0.717) is 13.1 Å². The molecule has 5 nitrogen and oxygen atoms in total. The highest BCUT2D eigenvalue weighted by Gasteiger charge is 2.15. The lowest BCUT2D eigenvalue weighted by Gasteiger charge is -2.23. The molecule has 1 aromatic rings. The van der Waals surface area contributed by atoms with Gasteiger partial charge in [0.1, 0.15) is 11.5 Å². The van der Waals surface area contributed by atoms with E-state index < -0.39 is 0 Å². The monoisotopic (exact) mass is 252 g/mol. The summed E-state index contributed by atoms with van der Waals surface area (Å²) in [5.74, 6) is 1.77. The Kier molecular flexibility index (Phi) is 4.78. The molecular formula is C13H20N2O3. The number of ether oxygens (including phenoxy) is 1. The van der Waals surface area contributed by atoms with Gasteiger partial charge in [0.25, 0.3) is 0 Å². The Morgan fingerprint density at radius 3 is 2.83 bits per heavy atom. The summed E-state index contributed by atoms with van der Waals surface area (Å²) in [6.45, 7) is 4.28. The molecule has 1 aliphatic rings. The summed E-state index contributed by atoms with van der Waals surface area (Å²) in [6.07, 6.45) is 1.81. The predicted octanol–water partition coefficient (Wildman–Crippen LogP) is 0.973. The van der Waals surface area contributed by atoms with Crippen molar-refractivity contribution in [3.8, 4) is 0 Å². The van der Waals surface area contributed by atoms with Gasteiger partial charge in [0.2, 0.25) is 5.91 Å². The van der Waals surface area contributed by atoms with Crippen LogP contribution in [-0.2, 0) is 16.1 Å². The first kappa shape index (κ1) is 13.1. The van der Waals surface area contributed by atoms with Crippen LogP contribution in [0.5, 0.6) is 0 Å². The van der Waals surface area contributed by atoms with Crippen LogP contribution >= 0.6 is 0 Å². The molecule has 100 valence electrons. The number of carbonyl (C=O) groups excluding carboxylic acids is 1. The van der Waals surface area contributed by atoms with Gasteiger partial charge >= 0.3 is 0 Å². The lowest BCUT2D eigenvalue weighted by Crippen LogP contribution is -2.42. The van der Waals surface area contributed by atoms with Crippen LogP contribution in [0, 0.1) is 6.92 Å². The van der Waals surface area contributed by atoms with E-state index in [1.54, 1.807) is 0 Å². The summed E-state index contributed by atoms with van der Waals surface area (Å²) < 4.78 is 10.6. The number of aryl methyl sites for hydroxylation is 1. The number of hydrogen-bond acceptors (Lipinski definition) is 4. The zero-order chi connectivity index (χ0) is 12.8. The van der Waals surface area contributed by atoms with Gasteiger partial charge in [0.15, 0.2) is 0 Å². The molecule has 2 N–H and O–H groups in total. The standard InChI is InChI=1S/C13H20N2O3/c1-10-2-3-12(18-10)8-14-9-13(16)15-11-4-6-17-7-5-11/h2-3,11,14H,4-9H2,1H3,(H,15,16). The van der Waals surface area contributed by atoms with Crippen molar-refractivity contribution in [1.29, 1.82) is 0 Å². The summed E-state index contributed by atoms with van der Waals surface area (Å²) in [5, 5.41) is 6.07. The number of rotatable bonds is 5. The average Bonchev–Trinajstić information content (AvgIpc) is 2.76. The maximum atomic E-state index is 11.7. The quantitative estimate of drug-likeness (QED) is 0.819. The Bertz CT molecular complexity index is 383. The Labute approximate surface area is 107 Å². The molecule has 0 spiro atoms. The fourth-order valence-electron chi connectivity index (χ4n) is 2.00. The van der Waals surface area contributed by atoms with E-state index in [4.69, 9.17) is 9.15 Å². The van der Waals surface area contributed by atoms with E-state index in [-0.39, 0.29) is 11.9 Å². The zero-order valence-electron chi connectivity index (χ0n) is 10.7. The minimum atomic E-state index is 0.0326. The molecule has 18 heavy (non-hydrogen) atoms. The third-order valence-electron chi connectivity index (χ3n) is 2.97. The highest BCUT2D eigenvalue weighted by molar-refractivity contribution is 5.78. The summed E-state index contributed by atoms with van der Waals surface area (Å²) in [6, 6.07) is 4.09. The zero-order valence-corrected chi connectivity index (χ0v) is 10.7. The lowest BCUT2D eigenvalue weighted by atomic mass is 10.1. The molecule has 0 radical (unpaired) electrons. The predicted molar refractivity (Wildman–Crippen MR) is 67.1 cm³/mol. The number of amides is 1. The van der Waals surface area contributed by atoms with Gasteiger partial charge in [-0.15, -0.1) is 0 Å². The van der Waals surface area contributed by atoms with Crippen LogP contribution in [0.4, 0.5) is 0 Å². The summed E-state index contributed by atoms with van der Waals surface area (Å²) in [4.78, 5) is 11.7. The number of carbonyl (C=O) groups is 1. The van der Waals surface area contributed by atoms with Crippen molar-refractivity contribution >= 4 is 5.91 Å². The van der Waals surface area contributed by atoms with Crippen molar-refractivity contribution in [2.24, 2.45) is 0 Å². The van der Waals surface area contributed by atoms with Crippen LogP contribution in [0.25, 0.3) is 0 Å². The largest absolute Gasteiger partial charge is 0.465 e. The third kappa shape index (κ3) is 4.16. The minimum Gasteiger partial charge on any atom is -0.465 e. The molecule has 1 saturated heterocycles. The van der Waals surface area contributed by atoms with E-state index in [1.165, 1.54) is 0 Å². The van der Waals surface area contributed by atoms with E-state index in [9.17, 15) is 4.79 Å². The van der Waals surface area contributed by atoms with Gasteiger partial charge in [-0.3, -0.25) is 4.79 Å². The van der Waals surface area contributed by atoms with E-state index >= 15 is 0 Å². The van der Waals surface area contributed by atoms with Gasteiger partial charge in [-0.25, -0.2) is 0 Å². The van der Waals surface area contributed by atoms with Crippen molar-refractivity contribution in [3.05, 3.63) is 23.7 Å². The summed E-state index contributed by atoms with van der Waals surface area (Å²) >= 11 is 0. The van der Waals surface area contributed by atoms with Crippen LogP contribution in [0.3, 0.4) is 0 Å². The van der Waals surface area contributed by atoms with Gasteiger partial charge in [-0.1, -0.05) is 0 Å². The smallest absolute Gasteiger partial charge is 0.234 e. The van der Waals surface area contributed by atoms with Crippen molar-refractivity contribution in [1.82, 2.24) is 10.6 Å². The molecule has 2 rings (SSSR count). The Hall–Kier alpha value is -1.33. The maximum absolute atomic E-state index is 11.7. The lowest BCUT2D eigenvalue weighted by molar-refractivity contribution is -0.121. The van der Waals surface area contributed by atoms with Crippen LogP contribution in [0.1, 0.15) is 24.4 Å². The molecule has 2 heterocycles. The van der Waals surface area contributed by atoms with Crippen molar-refractivity contribution in [3.63, 3.8) is 0 Å². The van der Waals surface area contributed by atoms with E-state index in [1.807, 2.05) is 19.1 Å². The Morgan fingerprint density at radius 1 is 1.39 bits per heavy atom. The topological polar surface area (TPSA) is 63.5 Å². The van der Waals surface area contributed by atoms with Crippen molar-refractivity contribution in [2.45, 2.75) is 32.4 Å². The molecule has 1 fully saturated rings. The molecule has 1 aliphatic heterocycles. The second kappa shape index (κ2) is 6.56. The number of nitrogens with one attached hydrogen (secondary N) is 2. The molecule has 0 atom stereocenters. The van der Waals surface area contributed by atoms with Crippen LogP contribution in [0.2, 0.25) is 0 Å². The minimum absolute atomic E-state index is 0.0326. The molecule has 0 bridgehead atoms. The maximum Gasteiger partial charge on any atom is 0.234 e. The van der Waals surface area contributed by atoms with Gasteiger partial charge < -0.3 is 19.8 Å². The third-order valence-corrected chi connectivity index (χ3v) is 2.97. The fourth-order valence-corrected chi connectivity index (χ4v) is 2.00. The van der Waals surface area contributed by atoms with Gasteiger partial charge in [0, 0.05) is 19.3 Å². The summed E-state index contributed by atoms with van der Waals surface area (Å²) in [7, 11) is 0. The molecular weight excluding hydrogens is 232 g/mol.